The zero-order valence-corrected chi connectivity index (χ0v) is 27.7. The summed E-state index contributed by atoms with van der Waals surface area (Å²) in [7, 11) is 1.56. The second-order valence-corrected chi connectivity index (χ2v) is 13.3. The Labute approximate surface area is 271 Å². The number of aryl methyl sites for hydroxylation is 1. The topological polar surface area (TPSA) is 176 Å². The van der Waals surface area contributed by atoms with Crippen molar-refractivity contribution < 1.29 is 38.5 Å². The van der Waals surface area contributed by atoms with Gasteiger partial charge in [-0.3, -0.25) is 14.4 Å². The number of benzene rings is 1. The largest absolute Gasteiger partial charge is 0.496 e. The lowest BCUT2D eigenvalue weighted by atomic mass is 9.85. The maximum Gasteiger partial charge on any atom is 0.408 e. The predicted molar refractivity (Wildman–Crippen MR) is 173 cm³/mol. The first-order valence-corrected chi connectivity index (χ1v) is 15.1. The van der Waals surface area contributed by atoms with Crippen LogP contribution in [0.1, 0.15) is 66.4 Å². The molecular weight excluding hydrogens is 595 g/mol. The standard InChI is InChI=1S/C32H46N4O9.B/c1-31(2,3)25(28(39)36-14-8-11-23(36)29(40)41)35-27(38)22(34-30(42)45-32(4,5)6)18-44-15-9-10-20-16-21-19(17-24(20)43-7)12-13-33-26(21)37;/h12-13,16-17,22-23,25H,8-11,14-15,18H2,1-7H3,(H,33,37)(H,34,42)(H,35,38)(H,40,41);/t22?,23?,25-;/m1./s1. The Morgan fingerprint density at radius 1 is 1.11 bits per heavy atom. The molecule has 13 nitrogen and oxygen atoms in total. The van der Waals surface area contributed by atoms with E-state index in [0.717, 1.165) is 10.9 Å². The van der Waals surface area contributed by atoms with Gasteiger partial charge in [0.1, 0.15) is 29.5 Å². The van der Waals surface area contributed by atoms with Crippen molar-refractivity contribution in [3.8, 4) is 5.75 Å². The van der Waals surface area contributed by atoms with E-state index < -0.39 is 53.0 Å². The van der Waals surface area contributed by atoms with Crippen molar-refractivity contribution in [2.75, 3.05) is 26.9 Å². The number of H-pyrrole nitrogens is 1. The van der Waals surface area contributed by atoms with Crippen molar-refractivity contribution in [3.05, 3.63) is 40.3 Å². The fraction of sp³-hybridized carbons (Fsp3) is 0.594. The highest BCUT2D eigenvalue weighted by atomic mass is 16.6. The Balaban J connectivity index is 0.00000736. The van der Waals surface area contributed by atoms with Crippen LogP contribution < -0.4 is 20.9 Å². The molecule has 251 valence electrons. The van der Waals surface area contributed by atoms with Gasteiger partial charge in [-0.1, -0.05) is 20.8 Å². The molecule has 3 radical (unpaired) electrons. The zero-order chi connectivity index (χ0) is 33.5. The highest BCUT2D eigenvalue weighted by Crippen LogP contribution is 2.27. The van der Waals surface area contributed by atoms with Crippen LogP contribution >= 0.6 is 0 Å². The van der Waals surface area contributed by atoms with Crippen LogP contribution in [0.5, 0.6) is 5.75 Å². The van der Waals surface area contributed by atoms with Gasteiger partial charge in [-0.15, -0.1) is 0 Å². The number of pyridine rings is 1. The quantitative estimate of drug-likeness (QED) is 0.201. The molecule has 0 bridgehead atoms. The van der Waals surface area contributed by atoms with Crippen molar-refractivity contribution in [2.45, 2.75) is 91.0 Å². The van der Waals surface area contributed by atoms with E-state index in [1.807, 2.05) is 0 Å². The molecule has 46 heavy (non-hydrogen) atoms. The van der Waals surface area contributed by atoms with Gasteiger partial charge >= 0.3 is 12.1 Å². The molecule has 1 aliphatic heterocycles. The van der Waals surface area contributed by atoms with E-state index in [2.05, 4.69) is 15.6 Å². The molecular formula is C32H46BN4O9. The third-order valence-corrected chi connectivity index (χ3v) is 7.42. The van der Waals surface area contributed by atoms with Gasteiger partial charge in [0.25, 0.3) is 5.56 Å². The lowest BCUT2D eigenvalue weighted by Crippen LogP contribution is -2.60. The predicted octanol–water partition coefficient (Wildman–Crippen LogP) is 2.60. The molecule has 2 unspecified atom stereocenters. The van der Waals surface area contributed by atoms with Crippen LogP contribution in [-0.4, -0.2) is 97.9 Å². The summed E-state index contributed by atoms with van der Waals surface area (Å²) in [5.41, 5.74) is -0.974. The Bertz CT molecular complexity index is 1450. The van der Waals surface area contributed by atoms with Crippen LogP contribution in [-0.2, 0) is 30.3 Å². The van der Waals surface area contributed by atoms with Crippen molar-refractivity contribution in [3.63, 3.8) is 0 Å². The number of alkyl carbamates (subject to hydrolysis) is 1. The van der Waals surface area contributed by atoms with E-state index in [1.165, 1.54) is 4.90 Å². The summed E-state index contributed by atoms with van der Waals surface area (Å²) in [6.45, 7) is 10.6. The first-order chi connectivity index (χ1) is 21.0. The molecule has 1 saturated heterocycles. The first-order valence-electron chi connectivity index (χ1n) is 15.1. The number of carbonyl (C=O) groups is 4. The van der Waals surface area contributed by atoms with Crippen molar-refractivity contribution in [1.29, 1.82) is 0 Å². The second-order valence-electron chi connectivity index (χ2n) is 13.3. The Morgan fingerprint density at radius 2 is 1.80 bits per heavy atom. The van der Waals surface area contributed by atoms with Gasteiger partial charge in [-0.2, -0.15) is 0 Å². The third kappa shape index (κ3) is 10.2. The number of aromatic amines is 1. The highest BCUT2D eigenvalue weighted by Gasteiger charge is 2.42. The molecule has 2 heterocycles. The molecule has 3 amide bonds. The summed E-state index contributed by atoms with van der Waals surface area (Å²) in [6.07, 6.45) is 2.67. The maximum atomic E-state index is 13.6. The molecule has 2 aromatic rings. The molecule has 0 aliphatic carbocycles. The lowest BCUT2D eigenvalue weighted by Gasteiger charge is -2.35. The van der Waals surface area contributed by atoms with Crippen molar-refractivity contribution in [2.24, 2.45) is 5.41 Å². The van der Waals surface area contributed by atoms with Crippen molar-refractivity contribution >= 4 is 43.1 Å². The third-order valence-electron chi connectivity index (χ3n) is 7.42. The number of carboxylic acids is 1. The average molecular weight is 642 g/mol. The number of fused-ring (bicyclic) bond motifs is 1. The normalized spacial score (nSPS) is 16.2. The van der Waals surface area contributed by atoms with Crippen LogP contribution in [0.4, 0.5) is 4.79 Å². The number of hydrogen-bond acceptors (Lipinski definition) is 8. The first kappa shape index (κ1) is 38.1. The number of nitrogens with zero attached hydrogens (tertiary/aromatic N) is 1. The number of ether oxygens (including phenoxy) is 3. The molecule has 3 rings (SSSR count). The molecule has 0 saturated carbocycles. The van der Waals surface area contributed by atoms with E-state index in [-0.39, 0.29) is 33.7 Å². The number of carboxylic acid groups (broad SMARTS) is 1. The van der Waals surface area contributed by atoms with E-state index in [4.69, 9.17) is 14.2 Å². The summed E-state index contributed by atoms with van der Waals surface area (Å²) in [5.74, 6) is -1.62. The van der Waals surface area contributed by atoms with Crippen molar-refractivity contribution in [1.82, 2.24) is 20.5 Å². The van der Waals surface area contributed by atoms with Crippen LogP contribution in [0.2, 0.25) is 0 Å². The van der Waals surface area contributed by atoms with Gasteiger partial charge in [0, 0.05) is 33.1 Å². The average Bonchev–Trinajstić information content (AvgIpc) is 3.43. The summed E-state index contributed by atoms with van der Waals surface area (Å²) in [5, 5.41) is 16.2. The second kappa shape index (κ2) is 16.0. The SMILES string of the molecule is COc1cc2cc[nH]c(=O)c2cc1CCCOCC(NC(=O)OC(C)(C)C)C(=O)N[C@H](C(=O)N1CCCC1C(=O)O)C(C)(C)C.[B]. The van der Waals surface area contributed by atoms with Gasteiger partial charge < -0.3 is 39.8 Å². The number of methoxy groups -OCH3 is 1. The molecule has 1 fully saturated rings. The summed E-state index contributed by atoms with van der Waals surface area (Å²) in [6, 6.07) is 2.16. The van der Waals surface area contributed by atoms with Crippen LogP contribution in [0.15, 0.2) is 29.2 Å². The van der Waals surface area contributed by atoms with Crippen LogP contribution in [0.3, 0.4) is 0 Å². The minimum atomic E-state index is -1.21. The number of amides is 3. The number of nitrogens with one attached hydrogen (secondary N) is 3. The molecule has 1 aromatic carbocycles. The lowest BCUT2D eigenvalue weighted by molar-refractivity contribution is -0.150. The number of rotatable bonds is 12. The number of hydrogen-bond donors (Lipinski definition) is 4. The van der Waals surface area contributed by atoms with Gasteiger partial charge in [-0.05, 0) is 81.0 Å². The highest BCUT2D eigenvalue weighted by molar-refractivity contribution is 5.93. The zero-order valence-electron chi connectivity index (χ0n) is 27.7. The molecule has 1 aliphatic rings. The minimum absolute atomic E-state index is 0. The number of likely N-dealkylation sites (tertiary alicyclic amines) is 1. The number of aliphatic carboxylic acids is 1. The number of aromatic nitrogens is 1. The van der Waals surface area contributed by atoms with E-state index in [1.54, 1.807) is 73.0 Å². The number of carbonyl (C=O) groups excluding carboxylic acids is 3. The van der Waals surface area contributed by atoms with E-state index in [9.17, 15) is 29.1 Å². The van der Waals surface area contributed by atoms with Gasteiger partial charge in [0.2, 0.25) is 11.8 Å². The summed E-state index contributed by atoms with van der Waals surface area (Å²) in [4.78, 5) is 67.7. The minimum Gasteiger partial charge on any atom is -0.496 e. The van der Waals surface area contributed by atoms with Crippen LogP contribution in [0.25, 0.3) is 10.8 Å². The maximum absolute atomic E-state index is 13.6. The monoisotopic (exact) mass is 641 g/mol. The van der Waals surface area contributed by atoms with Gasteiger partial charge in [-0.25, -0.2) is 9.59 Å². The fourth-order valence-electron chi connectivity index (χ4n) is 5.19. The Morgan fingerprint density at radius 3 is 2.41 bits per heavy atom. The fourth-order valence-corrected chi connectivity index (χ4v) is 5.19. The Hall–Kier alpha value is -4.07. The summed E-state index contributed by atoms with van der Waals surface area (Å²) < 4.78 is 16.7. The molecule has 14 heteroatoms. The smallest absolute Gasteiger partial charge is 0.408 e. The molecule has 3 atom stereocenters. The molecule has 0 spiro atoms. The van der Waals surface area contributed by atoms with Gasteiger partial charge in [0.15, 0.2) is 0 Å². The molecule has 1 aromatic heterocycles. The molecule has 4 N–H and O–H groups in total. The van der Waals surface area contributed by atoms with E-state index >= 15 is 0 Å². The Kier molecular flexibility index (Phi) is 13.2. The summed E-state index contributed by atoms with van der Waals surface area (Å²) >= 11 is 0. The van der Waals surface area contributed by atoms with Crippen LogP contribution in [0, 0.1) is 5.41 Å². The van der Waals surface area contributed by atoms with E-state index in [0.29, 0.717) is 36.8 Å². The van der Waals surface area contributed by atoms with Gasteiger partial charge in [0.05, 0.1) is 13.7 Å².